The summed E-state index contributed by atoms with van der Waals surface area (Å²) in [6.07, 6.45) is 0. The van der Waals surface area contributed by atoms with Crippen molar-refractivity contribution in [3.63, 3.8) is 0 Å². The largest absolute Gasteiger partial charge is 0.807 e. The smallest absolute Gasteiger partial charge is 0.121 e. The Kier molecular flexibility index (Phi) is 19.6. The maximum atomic E-state index is 9.10. The molecule has 2 aromatic rings. The molecule has 25 heavy (non-hydrogen) atoms. The Labute approximate surface area is 177 Å². The fraction of sp³-hybridized carbons (Fsp3) is 0.300. The van der Waals surface area contributed by atoms with Gasteiger partial charge >= 0.3 is 0 Å². The Hall–Kier alpha value is -1.52. The van der Waals surface area contributed by atoms with Crippen molar-refractivity contribution in [2.45, 2.75) is 41.5 Å². The van der Waals surface area contributed by atoms with Crippen LogP contribution in [0.3, 0.4) is 0 Å². The summed E-state index contributed by atoms with van der Waals surface area (Å²) in [6.45, 7) is 11.1. The van der Waals surface area contributed by atoms with Crippen LogP contribution in [0, 0.1) is 0 Å². The SMILES string of the molecule is CC.CC.CC(=[N-])c1ccccc1O.CC(=[N-])c1ccccc1O.[Y]. The van der Waals surface area contributed by atoms with Gasteiger partial charge in [0.05, 0.1) is 0 Å². The Morgan fingerprint density at radius 2 is 0.880 bits per heavy atom. The molecule has 0 fully saturated rings. The van der Waals surface area contributed by atoms with Crippen molar-refractivity contribution in [2.24, 2.45) is 0 Å². The third kappa shape index (κ3) is 11.6. The number of aromatic hydroxyl groups is 2. The van der Waals surface area contributed by atoms with Gasteiger partial charge in [0.25, 0.3) is 0 Å². The van der Waals surface area contributed by atoms with E-state index >= 15 is 0 Å². The Morgan fingerprint density at radius 3 is 1.04 bits per heavy atom. The van der Waals surface area contributed by atoms with Crippen LogP contribution >= 0.6 is 0 Å². The molecule has 2 aromatic carbocycles. The normalized spacial score (nSPS) is 7.92. The third-order valence-corrected chi connectivity index (χ3v) is 2.59. The summed E-state index contributed by atoms with van der Waals surface area (Å²) in [7, 11) is 0. The van der Waals surface area contributed by atoms with E-state index in [1.165, 1.54) is 26.0 Å². The van der Waals surface area contributed by atoms with Gasteiger partial charge in [0.15, 0.2) is 0 Å². The topological polar surface area (TPSA) is 85.1 Å². The van der Waals surface area contributed by atoms with Crippen molar-refractivity contribution in [3.8, 4) is 11.5 Å². The summed E-state index contributed by atoms with van der Waals surface area (Å²) in [4.78, 5) is 0. The first-order chi connectivity index (χ1) is 11.4. The molecule has 135 valence electrons. The molecule has 0 aliphatic rings. The average Bonchev–Trinajstić information content (AvgIpc) is 2.59. The molecule has 0 bridgehead atoms. The zero-order valence-electron chi connectivity index (χ0n) is 16.0. The van der Waals surface area contributed by atoms with Crippen LogP contribution in [0.25, 0.3) is 10.8 Å². The molecule has 4 nitrogen and oxygen atoms in total. The van der Waals surface area contributed by atoms with E-state index in [1.807, 2.05) is 27.7 Å². The summed E-state index contributed by atoms with van der Waals surface area (Å²) < 4.78 is 0. The molecule has 0 atom stereocenters. The molecule has 1 radical (unpaired) electrons. The quantitative estimate of drug-likeness (QED) is 0.624. The summed E-state index contributed by atoms with van der Waals surface area (Å²) >= 11 is 0. The number of rotatable bonds is 2. The Balaban J connectivity index is -0.000000312. The molecule has 5 heteroatoms. The molecular formula is C20H28N2O2Y-2. The zero-order chi connectivity index (χ0) is 19.1. The van der Waals surface area contributed by atoms with Gasteiger partial charge in [-0.3, -0.25) is 0 Å². The maximum Gasteiger partial charge on any atom is 0.121 e. The summed E-state index contributed by atoms with van der Waals surface area (Å²) in [5, 5.41) is 36.1. The molecule has 0 saturated heterocycles. The van der Waals surface area contributed by atoms with Crippen LogP contribution in [0.15, 0.2) is 48.5 Å². The van der Waals surface area contributed by atoms with E-state index in [1.54, 1.807) is 36.4 Å². The van der Waals surface area contributed by atoms with E-state index in [-0.39, 0.29) is 55.6 Å². The van der Waals surface area contributed by atoms with Gasteiger partial charge in [0.2, 0.25) is 0 Å². The fourth-order valence-corrected chi connectivity index (χ4v) is 1.56. The van der Waals surface area contributed by atoms with Crippen LogP contribution in [0.5, 0.6) is 11.5 Å². The number of hydrogen-bond donors (Lipinski definition) is 2. The van der Waals surface area contributed by atoms with Gasteiger partial charge < -0.3 is 21.0 Å². The summed E-state index contributed by atoms with van der Waals surface area (Å²) in [6, 6.07) is 13.3. The number of hydrogen-bond acceptors (Lipinski definition) is 2. The Bertz CT molecular complexity index is 573. The molecule has 0 aliphatic carbocycles. The fourth-order valence-electron chi connectivity index (χ4n) is 1.56. The van der Waals surface area contributed by atoms with Gasteiger partial charge in [0.1, 0.15) is 11.5 Å². The van der Waals surface area contributed by atoms with E-state index in [4.69, 9.17) is 21.0 Å². The third-order valence-electron chi connectivity index (χ3n) is 2.59. The molecule has 0 spiro atoms. The molecule has 0 aromatic heterocycles. The molecule has 2 N–H and O–H groups in total. The standard InChI is InChI=1S/2C8H8NO.2C2H6.Y/c2*1-6(9)7-4-2-3-5-8(7)10;2*1-2;/h2*2-5,10H,1H3;2*1-2H3;/q2*-1;;;. The predicted molar refractivity (Wildman–Crippen MR) is 105 cm³/mol. The second-order valence-corrected chi connectivity index (χ2v) is 4.21. The van der Waals surface area contributed by atoms with Crippen LogP contribution in [0.2, 0.25) is 0 Å². The van der Waals surface area contributed by atoms with Crippen molar-refractivity contribution < 1.29 is 42.9 Å². The molecule has 0 heterocycles. The average molecular weight is 417 g/mol. The first kappa shape index (κ1) is 28.3. The van der Waals surface area contributed by atoms with Gasteiger partial charge in [-0.15, -0.1) is 0 Å². The predicted octanol–water partition coefficient (Wildman–Crippen LogP) is 5.59. The Morgan fingerprint density at radius 1 is 0.640 bits per heavy atom. The number of benzene rings is 2. The first-order valence-corrected chi connectivity index (χ1v) is 8.05. The molecule has 0 saturated carbocycles. The van der Waals surface area contributed by atoms with E-state index in [0.29, 0.717) is 11.1 Å². The van der Waals surface area contributed by atoms with Gasteiger partial charge in [-0.1, -0.05) is 77.9 Å². The second kappa shape index (κ2) is 17.3. The molecular weight excluding hydrogens is 389 g/mol. The molecule has 0 aliphatic heterocycles. The zero-order valence-corrected chi connectivity index (χ0v) is 18.8. The second-order valence-electron chi connectivity index (χ2n) is 4.21. The summed E-state index contributed by atoms with van der Waals surface area (Å²) in [5.74, 6) is 0.227. The van der Waals surface area contributed by atoms with Gasteiger partial charge in [-0.05, 0) is 23.3 Å². The number of nitrogens with zero attached hydrogens (tertiary/aromatic N) is 2. The molecule has 0 unspecified atom stereocenters. The van der Waals surface area contributed by atoms with Gasteiger partial charge in [0, 0.05) is 32.7 Å². The van der Waals surface area contributed by atoms with Crippen molar-refractivity contribution in [1.29, 1.82) is 0 Å². The van der Waals surface area contributed by atoms with Crippen LogP contribution in [0.4, 0.5) is 0 Å². The van der Waals surface area contributed by atoms with E-state index in [0.717, 1.165) is 0 Å². The van der Waals surface area contributed by atoms with Crippen LogP contribution in [0.1, 0.15) is 52.7 Å². The minimum atomic E-state index is 0. The van der Waals surface area contributed by atoms with Crippen molar-refractivity contribution >= 4 is 11.4 Å². The van der Waals surface area contributed by atoms with Crippen LogP contribution in [-0.4, -0.2) is 21.6 Å². The van der Waals surface area contributed by atoms with Gasteiger partial charge in [-0.2, -0.15) is 11.4 Å². The van der Waals surface area contributed by atoms with Crippen molar-refractivity contribution in [3.05, 3.63) is 70.5 Å². The number of phenols is 2. The molecule has 2 rings (SSSR count). The maximum absolute atomic E-state index is 9.10. The van der Waals surface area contributed by atoms with E-state index in [9.17, 15) is 0 Å². The van der Waals surface area contributed by atoms with E-state index in [2.05, 4.69) is 0 Å². The minimum Gasteiger partial charge on any atom is -0.807 e. The van der Waals surface area contributed by atoms with Crippen LogP contribution in [-0.2, 0) is 32.7 Å². The monoisotopic (exact) mass is 417 g/mol. The van der Waals surface area contributed by atoms with Gasteiger partial charge in [-0.25, -0.2) is 0 Å². The van der Waals surface area contributed by atoms with Crippen molar-refractivity contribution in [1.82, 2.24) is 0 Å². The number of para-hydroxylation sites is 2. The van der Waals surface area contributed by atoms with E-state index < -0.39 is 0 Å². The summed E-state index contributed by atoms with van der Waals surface area (Å²) in [5.41, 5.74) is 1.25. The molecule has 0 amide bonds. The van der Waals surface area contributed by atoms with Crippen LogP contribution < -0.4 is 0 Å². The minimum absolute atomic E-state index is 0. The van der Waals surface area contributed by atoms with Crippen molar-refractivity contribution in [2.75, 3.05) is 0 Å². The number of phenolic OH excluding ortho intramolecular Hbond substituents is 2. The first-order valence-electron chi connectivity index (χ1n) is 8.05.